The number of benzene rings is 1. The van der Waals surface area contributed by atoms with E-state index in [1.807, 2.05) is 0 Å². The zero-order chi connectivity index (χ0) is 10.6. The first-order chi connectivity index (χ1) is 6.65. The molecule has 0 aliphatic rings. The number of halogens is 1. The summed E-state index contributed by atoms with van der Waals surface area (Å²) in [5.74, 6) is 0.241. The Bertz CT molecular complexity index is 302. The molecule has 78 valence electrons. The molecule has 0 aliphatic heterocycles. The van der Waals surface area contributed by atoms with Crippen LogP contribution in [0.5, 0.6) is 5.75 Å². The van der Waals surface area contributed by atoms with Crippen molar-refractivity contribution in [3.63, 3.8) is 0 Å². The molecule has 0 unspecified atom stereocenters. The first kappa shape index (κ1) is 10.9. The van der Waals surface area contributed by atoms with Crippen molar-refractivity contribution < 1.29 is 13.9 Å². The van der Waals surface area contributed by atoms with Gasteiger partial charge in [-0.25, -0.2) is 4.39 Å². The number of hydrogen-bond acceptors (Lipinski definition) is 3. The third-order valence-corrected chi connectivity index (χ3v) is 1.79. The third-order valence-electron chi connectivity index (χ3n) is 1.79. The van der Waals surface area contributed by atoms with Crippen LogP contribution in [0.2, 0.25) is 0 Å². The normalized spacial score (nSPS) is 12.6. The van der Waals surface area contributed by atoms with Crippen LogP contribution >= 0.6 is 0 Å². The third kappa shape index (κ3) is 2.68. The summed E-state index contributed by atoms with van der Waals surface area (Å²) in [6.07, 6.45) is 0. The van der Waals surface area contributed by atoms with E-state index in [9.17, 15) is 4.39 Å². The fourth-order valence-electron chi connectivity index (χ4n) is 1.13. The van der Waals surface area contributed by atoms with Crippen LogP contribution in [0.1, 0.15) is 18.5 Å². The van der Waals surface area contributed by atoms with E-state index in [4.69, 9.17) is 15.2 Å². The predicted molar refractivity (Wildman–Crippen MR) is 51.5 cm³/mol. The number of rotatable bonds is 4. The zero-order valence-electron chi connectivity index (χ0n) is 8.29. The lowest BCUT2D eigenvalue weighted by Crippen LogP contribution is -2.09. The summed E-state index contributed by atoms with van der Waals surface area (Å²) in [6.45, 7) is 1.90. The summed E-state index contributed by atoms with van der Waals surface area (Å²) in [5, 5.41) is 0. The minimum absolute atomic E-state index is 0.130. The Morgan fingerprint density at radius 3 is 2.79 bits per heavy atom. The summed E-state index contributed by atoms with van der Waals surface area (Å²) in [6, 6.07) is 3.98. The summed E-state index contributed by atoms with van der Waals surface area (Å²) < 4.78 is 22.9. The Labute approximate surface area is 82.6 Å². The lowest BCUT2D eigenvalue weighted by molar-refractivity contribution is 0.0501. The average molecular weight is 199 g/mol. The van der Waals surface area contributed by atoms with Gasteiger partial charge in [0, 0.05) is 18.7 Å². The van der Waals surface area contributed by atoms with Crippen molar-refractivity contribution in [3.8, 4) is 5.75 Å². The van der Waals surface area contributed by atoms with Gasteiger partial charge in [0.2, 0.25) is 0 Å². The highest BCUT2D eigenvalue weighted by atomic mass is 19.1. The molecule has 14 heavy (non-hydrogen) atoms. The molecule has 1 aromatic rings. The maximum atomic E-state index is 12.9. The van der Waals surface area contributed by atoms with Crippen LogP contribution in [0.4, 0.5) is 4.39 Å². The number of hydrogen-bond donors (Lipinski definition) is 1. The first-order valence-corrected chi connectivity index (χ1v) is 4.32. The molecule has 0 aromatic heterocycles. The van der Waals surface area contributed by atoms with Gasteiger partial charge in [-0.15, -0.1) is 0 Å². The topological polar surface area (TPSA) is 44.5 Å². The van der Waals surface area contributed by atoms with Crippen LogP contribution in [-0.2, 0) is 4.74 Å². The summed E-state index contributed by atoms with van der Waals surface area (Å²) in [5.41, 5.74) is 6.31. The van der Waals surface area contributed by atoms with Crippen molar-refractivity contribution in [1.82, 2.24) is 0 Å². The highest BCUT2D eigenvalue weighted by Crippen LogP contribution is 2.24. The molecule has 0 fully saturated rings. The number of ether oxygens (including phenoxy) is 2. The van der Waals surface area contributed by atoms with E-state index in [2.05, 4.69) is 0 Å². The second-order valence-electron chi connectivity index (χ2n) is 3.02. The lowest BCUT2D eigenvalue weighted by atomic mass is 10.1. The minimum Gasteiger partial charge on any atom is -0.467 e. The van der Waals surface area contributed by atoms with E-state index in [0.29, 0.717) is 11.3 Å². The van der Waals surface area contributed by atoms with Crippen LogP contribution in [-0.4, -0.2) is 13.9 Å². The molecule has 1 atom stereocenters. The average Bonchev–Trinajstić information content (AvgIpc) is 2.15. The Morgan fingerprint density at radius 2 is 2.21 bits per heavy atom. The standard InChI is InChI=1S/C10H14FNO2/c1-7(12)9-5-8(11)3-4-10(9)14-6-13-2/h3-5,7H,6,12H2,1-2H3/t7-/m1/s1. The van der Waals surface area contributed by atoms with Gasteiger partial charge >= 0.3 is 0 Å². The van der Waals surface area contributed by atoms with Gasteiger partial charge < -0.3 is 15.2 Å². The van der Waals surface area contributed by atoms with Gasteiger partial charge in [0.15, 0.2) is 6.79 Å². The molecule has 0 saturated heterocycles. The molecule has 1 aromatic carbocycles. The van der Waals surface area contributed by atoms with E-state index < -0.39 is 0 Å². The zero-order valence-corrected chi connectivity index (χ0v) is 8.29. The maximum Gasteiger partial charge on any atom is 0.188 e. The fraction of sp³-hybridized carbons (Fsp3) is 0.400. The monoisotopic (exact) mass is 199 g/mol. The minimum atomic E-state index is -0.318. The van der Waals surface area contributed by atoms with Crippen molar-refractivity contribution in [2.24, 2.45) is 5.73 Å². The molecule has 3 nitrogen and oxygen atoms in total. The summed E-state index contributed by atoms with van der Waals surface area (Å²) >= 11 is 0. The van der Waals surface area contributed by atoms with Crippen LogP contribution in [0.3, 0.4) is 0 Å². The predicted octanol–water partition coefficient (Wildman–Crippen LogP) is 1.83. The van der Waals surface area contributed by atoms with Crippen LogP contribution in [0, 0.1) is 5.82 Å². The van der Waals surface area contributed by atoms with Crippen LogP contribution < -0.4 is 10.5 Å². The van der Waals surface area contributed by atoms with Crippen LogP contribution in [0.25, 0.3) is 0 Å². The van der Waals surface area contributed by atoms with Crippen molar-refractivity contribution in [2.45, 2.75) is 13.0 Å². The second kappa shape index (κ2) is 4.93. The van der Waals surface area contributed by atoms with E-state index in [1.165, 1.54) is 19.2 Å². The van der Waals surface area contributed by atoms with Gasteiger partial charge in [-0.05, 0) is 25.1 Å². The van der Waals surface area contributed by atoms with Crippen molar-refractivity contribution in [3.05, 3.63) is 29.6 Å². The highest BCUT2D eigenvalue weighted by molar-refractivity contribution is 5.35. The number of nitrogens with two attached hydrogens (primary N) is 1. The molecule has 0 radical (unpaired) electrons. The molecule has 1 rings (SSSR count). The van der Waals surface area contributed by atoms with Crippen molar-refractivity contribution >= 4 is 0 Å². The summed E-state index contributed by atoms with van der Waals surface area (Å²) in [4.78, 5) is 0. The highest BCUT2D eigenvalue weighted by Gasteiger charge is 2.09. The molecular weight excluding hydrogens is 185 g/mol. The molecule has 0 saturated carbocycles. The van der Waals surface area contributed by atoms with E-state index >= 15 is 0 Å². The molecule has 0 bridgehead atoms. The molecule has 0 heterocycles. The van der Waals surface area contributed by atoms with E-state index in [0.717, 1.165) is 0 Å². The Morgan fingerprint density at radius 1 is 1.50 bits per heavy atom. The molecule has 0 spiro atoms. The number of methoxy groups -OCH3 is 1. The van der Waals surface area contributed by atoms with Crippen LogP contribution in [0.15, 0.2) is 18.2 Å². The molecule has 2 N–H and O–H groups in total. The lowest BCUT2D eigenvalue weighted by Gasteiger charge is -2.13. The SMILES string of the molecule is COCOc1ccc(F)cc1[C@@H](C)N. The van der Waals surface area contributed by atoms with Gasteiger partial charge in [0.1, 0.15) is 11.6 Å². The van der Waals surface area contributed by atoms with Gasteiger partial charge in [-0.1, -0.05) is 0 Å². The van der Waals surface area contributed by atoms with Gasteiger partial charge in [-0.2, -0.15) is 0 Å². The van der Waals surface area contributed by atoms with Crippen molar-refractivity contribution in [1.29, 1.82) is 0 Å². The van der Waals surface area contributed by atoms with Gasteiger partial charge in [0.05, 0.1) is 0 Å². The van der Waals surface area contributed by atoms with E-state index in [1.54, 1.807) is 13.0 Å². The fourth-order valence-corrected chi connectivity index (χ4v) is 1.13. The molecular formula is C10H14FNO2. The van der Waals surface area contributed by atoms with Gasteiger partial charge in [-0.3, -0.25) is 0 Å². The smallest absolute Gasteiger partial charge is 0.188 e. The second-order valence-corrected chi connectivity index (χ2v) is 3.02. The molecule has 0 aliphatic carbocycles. The molecule has 4 heteroatoms. The van der Waals surface area contributed by atoms with Gasteiger partial charge in [0.25, 0.3) is 0 Å². The first-order valence-electron chi connectivity index (χ1n) is 4.32. The quantitative estimate of drug-likeness (QED) is 0.752. The Hall–Kier alpha value is -1.13. The van der Waals surface area contributed by atoms with E-state index in [-0.39, 0.29) is 18.7 Å². The Balaban J connectivity index is 2.90. The largest absolute Gasteiger partial charge is 0.467 e. The van der Waals surface area contributed by atoms with Crippen molar-refractivity contribution in [2.75, 3.05) is 13.9 Å². The Kier molecular flexibility index (Phi) is 3.85. The summed E-state index contributed by atoms with van der Waals surface area (Å²) in [7, 11) is 1.52. The maximum absolute atomic E-state index is 12.9. The molecule has 0 amide bonds.